The summed E-state index contributed by atoms with van der Waals surface area (Å²) in [6.45, 7) is 4.29. The summed E-state index contributed by atoms with van der Waals surface area (Å²) in [5, 5.41) is 7.67. The summed E-state index contributed by atoms with van der Waals surface area (Å²) in [5.74, 6) is 0.450. The second-order valence-electron chi connectivity index (χ2n) is 3.78. The van der Waals surface area contributed by atoms with Crippen LogP contribution in [0.1, 0.15) is 25.5 Å². The van der Waals surface area contributed by atoms with Gasteiger partial charge in [-0.1, -0.05) is 13.8 Å². The summed E-state index contributed by atoms with van der Waals surface area (Å²) in [7, 11) is 1.94. The van der Waals surface area contributed by atoms with Crippen molar-refractivity contribution in [1.29, 1.82) is 5.41 Å². The normalized spacial score (nSPS) is 11.4. The summed E-state index contributed by atoms with van der Waals surface area (Å²) in [4.78, 5) is 3.99. The third-order valence-electron chi connectivity index (χ3n) is 2.39. The fraction of sp³-hybridized carbons (Fsp3) is 0.400. The molecule has 0 radical (unpaired) electrons. The van der Waals surface area contributed by atoms with E-state index in [2.05, 4.69) is 24.9 Å². The zero-order valence-corrected chi connectivity index (χ0v) is 8.65. The summed E-state index contributed by atoms with van der Waals surface area (Å²) in [6, 6.07) is 4.00. The van der Waals surface area contributed by atoms with Crippen LogP contribution in [0, 0.1) is 5.41 Å². The Morgan fingerprint density at radius 2 is 2.07 bits per heavy atom. The van der Waals surface area contributed by atoms with Crippen molar-refractivity contribution >= 4 is 5.52 Å². The molecule has 14 heavy (non-hydrogen) atoms. The van der Waals surface area contributed by atoms with Crippen molar-refractivity contribution < 1.29 is 0 Å². The summed E-state index contributed by atoms with van der Waals surface area (Å²) in [5.41, 5.74) is 2.40. The van der Waals surface area contributed by atoms with E-state index >= 15 is 0 Å². The molecule has 0 bridgehead atoms. The first-order chi connectivity index (χ1) is 6.61. The fourth-order valence-corrected chi connectivity index (χ4v) is 1.67. The second-order valence-corrected chi connectivity index (χ2v) is 3.78. The number of aromatic nitrogens is 3. The van der Waals surface area contributed by atoms with Crippen LogP contribution in [0.2, 0.25) is 0 Å². The van der Waals surface area contributed by atoms with Crippen molar-refractivity contribution in [3.8, 4) is 0 Å². The Balaban J connectivity index is 2.91. The van der Waals surface area contributed by atoms with Crippen molar-refractivity contribution in [3.05, 3.63) is 29.6 Å². The molecule has 0 saturated carbocycles. The van der Waals surface area contributed by atoms with E-state index in [1.807, 2.05) is 22.3 Å². The van der Waals surface area contributed by atoms with Gasteiger partial charge in [0.15, 0.2) is 5.49 Å². The first-order valence-electron chi connectivity index (χ1n) is 4.69. The lowest BCUT2D eigenvalue weighted by Crippen LogP contribution is -2.18. The van der Waals surface area contributed by atoms with Crippen molar-refractivity contribution in [2.75, 3.05) is 0 Å². The van der Waals surface area contributed by atoms with Crippen LogP contribution in [0.3, 0.4) is 0 Å². The van der Waals surface area contributed by atoms with E-state index in [-0.39, 0.29) is 0 Å². The van der Waals surface area contributed by atoms with Crippen LogP contribution in [-0.2, 0) is 7.05 Å². The molecule has 74 valence electrons. The van der Waals surface area contributed by atoms with Gasteiger partial charge in [0.05, 0.1) is 0 Å². The van der Waals surface area contributed by atoms with Crippen LogP contribution in [0.15, 0.2) is 18.5 Å². The average molecular weight is 190 g/mol. The molecular weight excluding hydrogens is 176 g/mol. The van der Waals surface area contributed by atoms with Gasteiger partial charge >= 0.3 is 0 Å². The van der Waals surface area contributed by atoms with Gasteiger partial charge in [0.1, 0.15) is 11.8 Å². The fourth-order valence-electron chi connectivity index (χ4n) is 1.67. The van der Waals surface area contributed by atoms with E-state index in [1.165, 1.54) is 5.69 Å². The SMILES string of the molecule is CC(C)c1ccc2c(=N)ncn(C)n12. The molecule has 0 aromatic carbocycles. The molecule has 2 aromatic heterocycles. The van der Waals surface area contributed by atoms with E-state index in [0.29, 0.717) is 11.4 Å². The van der Waals surface area contributed by atoms with Crippen LogP contribution < -0.4 is 5.49 Å². The quantitative estimate of drug-likeness (QED) is 0.723. The number of nitrogens with zero attached hydrogens (tertiary/aromatic N) is 3. The zero-order valence-electron chi connectivity index (χ0n) is 8.65. The van der Waals surface area contributed by atoms with E-state index in [9.17, 15) is 0 Å². The van der Waals surface area contributed by atoms with Crippen molar-refractivity contribution in [1.82, 2.24) is 14.2 Å². The molecule has 0 aliphatic rings. The summed E-state index contributed by atoms with van der Waals surface area (Å²) >= 11 is 0. The molecule has 0 amide bonds. The molecule has 0 aliphatic heterocycles. The molecule has 0 spiro atoms. The monoisotopic (exact) mass is 190 g/mol. The van der Waals surface area contributed by atoms with Gasteiger partial charge in [-0.3, -0.25) is 14.6 Å². The minimum Gasteiger partial charge on any atom is -0.281 e. The lowest BCUT2D eigenvalue weighted by Gasteiger charge is -2.10. The van der Waals surface area contributed by atoms with Gasteiger partial charge in [-0.25, -0.2) is 4.98 Å². The highest BCUT2D eigenvalue weighted by molar-refractivity contribution is 5.45. The van der Waals surface area contributed by atoms with Gasteiger partial charge < -0.3 is 0 Å². The highest BCUT2D eigenvalue weighted by Crippen LogP contribution is 2.15. The van der Waals surface area contributed by atoms with Gasteiger partial charge in [0.2, 0.25) is 0 Å². The van der Waals surface area contributed by atoms with Crippen LogP contribution in [-0.4, -0.2) is 14.2 Å². The average Bonchev–Trinajstić information content (AvgIpc) is 2.56. The molecule has 0 atom stereocenters. The Morgan fingerprint density at radius 3 is 2.71 bits per heavy atom. The van der Waals surface area contributed by atoms with Crippen LogP contribution in [0.5, 0.6) is 0 Å². The van der Waals surface area contributed by atoms with Crippen LogP contribution in [0.25, 0.3) is 5.52 Å². The molecule has 2 heterocycles. The number of hydrogen-bond donors (Lipinski definition) is 1. The zero-order chi connectivity index (χ0) is 10.3. The van der Waals surface area contributed by atoms with Crippen LogP contribution in [0.4, 0.5) is 0 Å². The minimum absolute atomic E-state index is 0.329. The summed E-state index contributed by atoms with van der Waals surface area (Å²) < 4.78 is 3.93. The maximum Gasteiger partial charge on any atom is 0.172 e. The molecule has 2 rings (SSSR count). The molecule has 0 unspecified atom stereocenters. The third-order valence-corrected chi connectivity index (χ3v) is 2.39. The first-order valence-corrected chi connectivity index (χ1v) is 4.69. The lowest BCUT2D eigenvalue weighted by atomic mass is 10.1. The Labute approximate surface area is 82.3 Å². The van der Waals surface area contributed by atoms with Crippen LogP contribution >= 0.6 is 0 Å². The smallest absolute Gasteiger partial charge is 0.172 e. The molecule has 0 aliphatic carbocycles. The van der Waals surface area contributed by atoms with Gasteiger partial charge in [-0.2, -0.15) is 0 Å². The molecule has 2 aromatic rings. The lowest BCUT2D eigenvalue weighted by molar-refractivity contribution is 0.614. The summed E-state index contributed by atoms with van der Waals surface area (Å²) in [6.07, 6.45) is 1.67. The highest BCUT2D eigenvalue weighted by Gasteiger charge is 2.08. The number of hydrogen-bond acceptors (Lipinski definition) is 2. The molecule has 0 fully saturated rings. The molecule has 4 heteroatoms. The van der Waals surface area contributed by atoms with E-state index in [1.54, 1.807) is 6.33 Å². The Bertz CT molecular complexity index is 518. The van der Waals surface area contributed by atoms with E-state index in [4.69, 9.17) is 5.41 Å². The Kier molecular flexibility index (Phi) is 1.91. The number of aryl methyl sites for hydroxylation is 1. The van der Waals surface area contributed by atoms with Gasteiger partial charge in [0.25, 0.3) is 0 Å². The Morgan fingerprint density at radius 1 is 1.36 bits per heavy atom. The van der Waals surface area contributed by atoms with Gasteiger partial charge in [-0.15, -0.1) is 0 Å². The predicted octanol–water partition coefficient (Wildman–Crippen LogP) is 1.28. The molecule has 0 saturated heterocycles. The van der Waals surface area contributed by atoms with E-state index < -0.39 is 0 Å². The molecule has 4 nitrogen and oxygen atoms in total. The number of nitrogens with one attached hydrogen (secondary N) is 1. The van der Waals surface area contributed by atoms with Gasteiger partial charge in [-0.05, 0) is 18.1 Å². The number of rotatable bonds is 1. The maximum absolute atomic E-state index is 7.67. The first kappa shape index (κ1) is 8.99. The maximum atomic E-state index is 7.67. The van der Waals surface area contributed by atoms with Crippen molar-refractivity contribution in [2.45, 2.75) is 19.8 Å². The Hall–Kier alpha value is -1.58. The minimum atomic E-state index is 0.329. The van der Waals surface area contributed by atoms with E-state index in [0.717, 1.165) is 5.52 Å². The second kappa shape index (κ2) is 2.97. The molecule has 1 N–H and O–H groups in total. The number of fused-ring (bicyclic) bond motifs is 1. The third kappa shape index (κ3) is 1.14. The van der Waals surface area contributed by atoms with Crippen molar-refractivity contribution in [3.63, 3.8) is 0 Å². The van der Waals surface area contributed by atoms with Crippen molar-refractivity contribution in [2.24, 2.45) is 7.05 Å². The van der Waals surface area contributed by atoms with Gasteiger partial charge in [0, 0.05) is 12.7 Å². The predicted molar refractivity (Wildman–Crippen MR) is 54.1 cm³/mol. The standard InChI is InChI=1S/C10H14N4/c1-7(2)8-4-5-9-10(11)12-6-13(3)14(8)9/h4-7,11H,1-3H3. The largest absolute Gasteiger partial charge is 0.281 e. The molecular formula is C10H14N4. The highest BCUT2D eigenvalue weighted by atomic mass is 15.4. The topological polar surface area (TPSA) is 46.1 Å².